The molecule has 140 valence electrons. The van der Waals surface area contributed by atoms with Crippen LogP contribution < -0.4 is 0 Å². The monoisotopic (exact) mass is 342 g/mol. The standard InChI is InChI=1S/C24H38O/c1-17(7-6-16-25)20-11-12-21-19-10-9-18-8-4-5-14-23(18,2)22(19)13-15-24(20,21)3/h8,16-17,19-22H,4-7,9-15H2,1-3H3/t17?,19-,20+,21-,22-,23-,24+/m0/s1. The molecule has 4 rings (SSSR count). The lowest BCUT2D eigenvalue weighted by molar-refractivity contribution is -0.108. The number of hydrogen-bond donors (Lipinski definition) is 0. The van der Waals surface area contributed by atoms with Gasteiger partial charge in [-0.3, -0.25) is 0 Å². The Labute approximate surface area is 155 Å². The quantitative estimate of drug-likeness (QED) is 0.417. The third kappa shape index (κ3) is 2.67. The molecule has 0 bridgehead atoms. The number of aldehydes is 1. The summed E-state index contributed by atoms with van der Waals surface area (Å²) in [7, 11) is 0. The van der Waals surface area contributed by atoms with E-state index in [1.54, 1.807) is 0 Å². The fourth-order valence-corrected chi connectivity index (χ4v) is 8.26. The molecule has 0 amide bonds. The Kier molecular flexibility index (Phi) is 4.66. The molecule has 3 saturated carbocycles. The molecule has 4 aliphatic rings. The van der Waals surface area contributed by atoms with Crippen LogP contribution in [0.2, 0.25) is 0 Å². The van der Waals surface area contributed by atoms with E-state index in [-0.39, 0.29) is 0 Å². The summed E-state index contributed by atoms with van der Waals surface area (Å²) in [4.78, 5) is 10.8. The van der Waals surface area contributed by atoms with Crippen LogP contribution in [0.3, 0.4) is 0 Å². The average molecular weight is 343 g/mol. The van der Waals surface area contributed by atoms with Gasteiger partial charge in [-0.15, -0.1) is 0 Å². The lowest BCUT2D eigenvalue weighted by Crippen LogP contribution is -2.50. The van der Waals surface area contributed by atoms with Crippen molar-refractivity contribution >= 4 is 6.29 Å². The number of carbonyl (C=O) groups excluding carboxylic acids is 1. The van der Waals surface area contributed by atoms with Gasteiger partial charge in [0, 0.05) is 6.42 Å². The van der Waals surface area contributed by atoms with Crippen LogP contribution in [0.25, 0.3) is 0 Å². The van der Waals surface area contributed by atoms with Crippen molar-refractivity contribution in [2.45, 2.75) is 91.4 Å². The van der Waals surface area contributed by atoms with E-state index in [1.807, 2.05) is 5.57 Å². The summed E-state index contributed by atoms with van der Waals surface area (Å²) in [5.74, 6) is 4.46. The first kappa shape index (κ1) is 17.8. The maximum Gasteiger partial charge on any atom is 0.120 e. The molecule has 7 atom stereocenters. The molecule has 1 nitrogen and oxygen atoms in total. The van der Waals surface area contributed by atoms with Gasteiger partial charge in [-0.05, 0) is 105 Å². The van der Waals surface area contributed by atoms with Crippen LogP contribution in [-0.4, -0.2) is 6.29 Å². The molecule has 0 N–H and O–H groups in total. The number of carbonyl (C=O) groups is 1. The SMILES string of the molecule is CC(CCC=O)[C@H]1CC[C@H]2[C@@H]3CCC4=CCCC[C@]4(C)[C@H]3CC[C@]12C. The molecule has 0 aromatic carbocycles. The van der Waals surface area contributed by atoms with Crippen LogP contribution >= 0.6 is 0 Å². The van der Waals surface area contributed by atoms with E-state index in [0.717, 1.165) is 48.7 Å². The van der Waals surface area contributed by atoms with E-state index in [4.69, 9.17) is 0 Å². The van der Waals surface area contributed by atoms with Gasteiger partial charge in [-0.2, -0.15) is 0 Å². The lowest BCUT2D eigenvalue weighted by Gasteiger charge is -2.58. The summed E-state index contributed by atoms with van der Waals surface area (Å²) in [6.45, 7) is 7.69. The largest absolute Gasteiger partial charge is 0.303 e. The molecule has 0 spiro atoms. The predicted octanol–water partition coefficient (Wildman–Crippen LogP) is 6.57. The number of allylic oxidation sites excluding steroid dienone is 2. The smallest absolute Gasteiger partial charge is 0.120 e. The van der Waals surface area contributed by atoms with Gasteiger partial charge >= 0.3 is 0 Å². The van der Waals surface area contributed by atoms with E-state index in [2.05, 4.69) is 26.8 Å². The molecular formula is C24H38O. The van der Waals surface area contributed by atoms with Gasteiger partial charge in [-0.25, -0.2) is 0 Å². The second-order valence-corrected chi connectivity index (χ2v) is 10.4. The van der Waals surface area contributed by atoms with E-state index in [9.17, 15) is 4.79 Å². The van der Waals surface area contributed by atoms with Crippen molar-refractivity contribution in [1.82, 2.24) is 0 Å². The fourth-order valence-electron chi connectivity index (χ4n) is 8.26. The van der Waals surface area contributed by atoms with Crippen LogP contribution in [-0.2, 0) is 4.79 Å². The zero-order valence-corrected chi connectivity index (χ0v) is 16.7. The minimum Gasteiger partial charge on any atom is -0.303 e. The zero-order valence-electron chi connectivity index (χ0n) is 16.7. The summed E-state index contributed by atoms with van der Waals surface area (Å²) in [6, 6.07) is 0. The summed E-state index contributed by atoms with van der Waals surface area (Å²) >= 11 is 0. The topological polar surface area (TPSA) is 17.1 Å². The number of rotatable bonds is 4. The molecule has 1 heteroatoms. The Bertz CT molecular complexity index is 548. The number of hydrogen-bond acceptors (Lipinski definition) is 1. The summed E-state index contributed by atoms with van der Waals surface area (Å²) < 4.78 is 0. The van der Waals surface area contributed by atoms with E-state index >= 15 is 0 Å². The van der Waals surface area contributed by atoms with Crippen molar-refractivity contribution in [3.05, 3.63) is 11.6 Å². The van der Waals surface area contributed by atoms with Crippen molar-refractivity contribution in [2.75, 3.05) is 0 Å². The van der Waals surface area contributed by atoms with Crippen molar-refractivity contribution in [3.8, 4) is 0 Å². The van der Waals surface area contributed by atoms with Crippen LogP contribution in [0.15, 0.2) is 11.6 Å². The van der Waals surface area contributed by atoms with Gasteiger partial charge in [0.05, 0.1) is 0 Å². The Hall–Kier alpha value is -0.590. The Morgan fingerprint density at radius 1 is 1.16 bits per heavy atom. The molecule has 0 aromatic heterocycles. The summed E-state index contributed by atoms with van der Waals surface area (Å²) in [5, 5.41) is 0. The maximum absolute atomic E-state index is 10.8. The summed E-state index contributed by atoms with van der Waals surface area (Å²) in [6.07, 6.45) is 18.4. The molecule has 0 radical (unpaired) electrons. The molecule has 0 aromatic rings. The van der Waals surface area contributed by atoms with Crippen LogP contribution in [0, 0.1) is 40.4 Å². The van der Waals surface area contributed by atoms with Crippen LogP contribution in [0.5, 0.6) is 0 Å². The first-order chi connectivity index (χ1) is 12.0. The highest BCUT2D eigenvalue weighted by molar-refractivity contribution is 5.49. The number of fused-ring (bicyclic) bond motifs is 5. The second-order valence-electron chi connectivity index (χ2n) is 10.4. The normalized spacial score (nSPS) is 47.2. The minimum atomic E-state index is 0.531. The molecule has 25 heavy (non-hydrogen) atoms. The lowest BCUT2D eigenvalue weighted by atomic mass is 9.46. The Balaban J connectivity index is 1.56. The van der Waals surface area contributed by atoms with Crippen molar-refractivity contribution < 1.29 is 4.79 Å². The van der Waals surface area contributed by atoms with Gasteiger partial charge in [0.1, 0.15) is 6.29 Å². The molecular weight excluding hydrogens is 304 g/mol. The van der Waals surface area contributed by atoms with Gasteiger partial charge in [0.25, 0.3) is 0 Å². The van der Waals surface area contributed by atoms with Crippen molar-refractivity contribution in [3.63, 3.8) is 0 Å². The molecule has 3 fully saturated rings. The highest BCUT2D eigenvalue weighted by Crippen LogP contribution is 2.67. The van der Waals surface area contributed by atoms with Crippen LogP contribution in [0.4, 0.5) is 0 Å². The minimum absolute atomic E-state index is 0.531. The highest BCUT2D eigenvalue weighted by atomic mass is 16.1. The highest BCUT2D eigenvalue weighted by Gasteiger charge is 2.59. The first-order valence-corrected chi connectivity index (χ1v) is 11.1. The molecule has 0 aliphatic heterocycles. The van der Waals surface area contributed by atoms with Gasteiger partial charge in [-0.1, -0.05) is 32.4 Å². The fraction of sp³-hybridized carbons (Fsp3) is 0.875. The van der Waals surface area contributed by atoms with E-state index in [0.29, 0.717) is 10.8 Å². The van der Waals surface area contributed by atoms with E-state index in [1.165, 1.54) is 57.8 Å². The maximum atomic E-state index is 10.8. The second kappa shape index (κ2) is 6.54. The van der Waals surface area contributed by atoms with Gasteiger partial charge in [0.15, 0.2) is 0 Å². The Morgan fingerprint density at radius 2 is 2.00 bits per heavy atom. The molecule has 0 heterocycles. The third-order valence-electron chi connectivity index (χ3n) is 9.53. The first-order valence-electron chi connectivity index (χ1n) is 11.1. The zero-order chi connectivity index (χ0) is 17.7. The Morgan fingerprint density at radius 3 is 2.80 bits per heavy atom. The average Bonchev–Trinajstić information content (AvgIpc) is 2.96. The predicted molar refractivity (Wildman–Crippen MR) is 104 cm³/mol. The van der Waals surface area contributed by atoms with Crippen molar-refractivity contribution in [1.29, 1.82) is 0 Å². The molecule has 1 unspecified atom stereocenters. The third-order valence-corrected chi connectivity index (χ3v) is 9.53. The molecule has 4 aliphatic carbocycles. The molecule has 0 saturated heterocycles. The van der Waals surface area contributed by atoms with Gasteiger partial charge < -0.3 is 4.79 Å². The van der Waals surface area contributed by atoms with E-state index < -0.39 is 0 Å². The summed E-state index contributed by atoms with van der Waals surface area (Å²) in [5.41, 5.74) is 2.91. The van der Waals surface area contributed by atoms with Crippen molar-refractivity contribution in [2.24, 2.45) is 40.4 Å². The van der Waals surface area contributed by atoms with Crippen LogP contribution in [0.1, 0.15) is 91.4 Å². The van der Waals surface area contributed by atoms with Gasteiger partial charge in [0.2, 0.25) is 0 Å².